The van der Waals surface area contributed by atoms with Crippen LogP contribution in [0.1, 0.15) is 36.7 Å². The summed E-state index contributed by atoms with van der Waals surface area (Å²) in [5.41, 5.74) is 5.71. The molecule has 1 saturated heterocycles. The minimum atomic E-state index is -0.409. The van der Waals surface area contributed by atoms with Crippen molar-refractivity contribution < 1.29 is 4.79 Å². The normalized spacial score (nSPS) is 21.2. The quantitative estimate of drug-likeness (QED) is 0.844. The van der Waals surface area contributed by atoms with E-state index in [4.69, 9.17) is 5.73 Å². The van der Waals surface area contributed by atoms with Gasteiger partial charge in [-0.1, -0.05) is 13.8 Å². The molecule has 94 valence electrons. The molecule has 1 aliphatic heterocycles. The highest BCUT2D eigenvalue weighted by atomic mass is 16.1. The van der Waals surface area contributed by atoms with Crippen LogP contribution in [0.15, 0.2) is 12.4 Å². The number of nitrogens with zero attached hydrogens (tertiary/aromatic N) is 3. The van der Waals surface area contributed by atoms with Gasteiger partial charge in [0.2, 0.25) is 0 Å². The number of likely N-dealkylation sites (tertiary alicyclic amines) is 1. The first kappa shape index (κ1) is 12.1. The predicted molar refractivity (Wildman–Crippen MR) is 65.7 cm³/mol. The minimum absolute atomic E-state index is 0.377. The van der Waals surface area contributed by atoms with Gasteiger partial charge in [-0.2, -0.15) is 5.10 Å². The van der Waals surface area contributed by atoms with E-state index < -0.39 is 5.91 Å². The Bertz CT molecular complexity index is 399. The van der Waals surface area contributed by atoms with Crippen molar-refractivity contribution in [3.8, 4) is 0 Å². The summed E-state index contributed by atoms with van der Waals surface area (Å²) >= 11 is 0. The molecule has 0 spiro atoms. The van der Waals surface area contributed by atoms with Crippen LogP contribution in [0.2, 0.25) is 0 Å². The van der Waals surface area contributed by atoms with E-state index in [9.17, 15) is 4.79 Å². The second-order valence-corrected chi connectivity index (χ2v) is 5.17. The summed E-state index contributed by atoms with van der Waals surface area (Å²) in [7, 11) is 0. The van der Waals surface area contributed by atoms with E-state index in [2.05, 4.69) is 23.8 Å². The zero-order valence-corrected chi connectivity index (χ0v) is 10.5. The van der Waals surface area contributed by atoms with E-state index in [1.807, 2.05) is 4.68 Å². The lowest BCUT2D eigenvalue weighted by Gasteiger charge is -2.18. The molecule has 1 amide bonds. The second-order valence-electron chi connectivity index (χ2n) is 5.17. The van der Waals surface area contributed by atoms with Crippen LogP contribution < -0.4 is 5.73 Å². The van der Waals surface area contributed by atoms with Gasteiger partial charge in [-0.05, 0) is 12.3 Å². The highest BCUT2D eigenvalue weighted by Crippen LogP contribution is 2.21. The smallest absolute Gasteiger partial charge is 0.251 e. The molecule has 0 saturated carbocycles. The standard InChI is InChI=1S/C12H20N4O/c1-9(2)6-15-4-3-11(8-15)16-7-10(5-14-16)12(13)17/h5,7,9,11H,3-4,6,8H2,1-2H3,(H2,13,17). The maximum Gasteiger partial charge on any atom is 0.251 e. The van der Waals surface area contributed by atoms with Crippen molar-refractivity contribution in [2.45, 2.75) is 26.3 Å². The summed E-state index contributed by atoms with van der Waals surface area (Å²) in [4.78, 5) is 13.4. The molecular weight excluding hydrogens is 216 g/mol. The van der Waals surface area contributed by atoms with Gasteiger partial charge in [0.1, 0.15) is 0 Å². The SMILES string of the molecule is CC(C)CN1CCC(n2cc(C(N)=O)cn2)C1. The van der Waals surface area contributed by atoms with Crippen LogP contribution >= 0.6 is 0 Å². The Morgan fingerprint density at radius 2 is 2.41 bits per heavy atom. The van der Waals surface area contributed by atoms with Crippen molar-refractivity contribution in [2.75, 3.05) is 19.6 Å². The molecule has 2 N–H and O–H groups in total. The van der Waals surface area contributed by atoms with E-state index in [-0.39, 0.29) is 0 Å². The fourth-order valence-electron chi connectivity index (χ4n) is 2.38. The van der Waals surface area contributed by atoms with Crippen LogP contribution in [0.5, 0.6) is 0 Å². The lowest BCUT2D eigenvalue weighted by atomic mass is 10.2. The predicted octanol–water partition coefficient (Wildman–Crippen LogP) is 0.885. The molecule has 0 aromatic carbocycles. The number of hydrogen-bond acceptors (Lipinski definition) is 3. The number of carbonyl (C=O) groups is 1. The molecule has 0 aliphatic carbocycles. The molecular formula is C12H20N4O. The Hall–Kier alpha value is -1.36. The van der Waals surface area contributed by atoms with E-state index in [0.717, 1.165) is 26.1 Å². The average molecular weight is 236 g/mol. The fraction of sp³-hybridized carbons (Fsp3) is 0.667. The zero-order valence-electron chi connectivity index (χ0n) is 10.5. The maximum absolute atomic E-state index is 11.0. The highest BCUT2D eigenvalue weighted by Gasteiger charge is 2.24. The van der Waals surface area contributed by atoms with Gasteiger partial charge in [-0.15, -0.1) is 0 Å². The molecule has 2 heterocycles. The minimum Gasteiger partial charge on any atom is -0.366 e. The average Bonchev–Trinajstić information content (AvgIpc) is 2.83. The molecule has 1 aromatic rings. The second kappa shape index (κ2) is 4.87. The highest BCUT2D eigenvalue weighted by molar-refractivity contribution is 5.92. The Kier molecular flexibility index (Phi) is 3.47. The summed E-state index contributed by atoms with van der Waals surface area (Å²) in [5, 5.41) is 4.22. The van der Waals surface area contributed by atoms with Gasteiger partial charge in [-0.3, -0.25) is 9.48 Å². The van der Waals surface area contributed by atoms with Crippen molar-refractivity contribution in [3.63, 3.8) is 0 Å². The third-order valence-electron chi connectivity index (χ3n) is 3.13. The Morgan fingerprint density at radius 3 is 3.00 bits per heavy atom. The number of aromatic nitrogens is 2. The van der Waals surface area contributed by atoms with Gasteiger partial charge >= 0.3 is 0 Å². The van der Waals surface area contributed by atoms with Crippen molar-refractivity contribution in [1.29, 1.82) is 0 Å². The summed E-state index contributed by atoms with van der Waals surface area (Å²) in [6.07, 6.45) is 4.39. The van der Waals surface area contributed by atoms with Crippen molar-refractivity contribution in [1.82, 2.24) is 14.7 Å². The Balaban J connectivity index is 1.97. The number of amides is 1. The summed E-state index contributed by atoms with van der Waals surface area (Å²) in [5.74, 6) is 0.279. The van der Waals surface area contributed by atoms with Crippen LogP contribution in [0.4, 0.5) is 0 Å². The van der Waals surface area contributed by atoms with Gasteiger partial charge in [0.05, 0.1) is 17.8 Å². The van der Waals surface area contributed by atoms with Gasteiger partial charge < -0.3 is 10.6 Å². The Morgan fingerprint density at radius 1 is 1.65 bits per heavy atom. The van der Waals surface area contributed by atoms with Gasteiger partial charge in [0.25, 0.3) is 5.91 Å². The molecule has 5 nitrogen and oxygen atoms in total. The summed E-state index contributed by atoms with van der Waals surface area (Å²) in [6, 6.07) is 0.377. The van der Waals surface area contributed by atoms with Crippen LogP contribution in [0.25, 0.3) is 0 Å². The van der Waals surface area contributed by atoms with E-state index >= 15 is 0 Å². The number of primary amides is 1. The fourth-order valence-corrected chi connectivity index (χ4v) is 2.38. The first-order chi connectivity index (χ1) is 8.06. The molecule has 1 atom stereocenters. The monoisotopic (exact) mass is 236 g/mol. The first-order valence-electron chi connectivity index (χ1n) is 6.12. The van der Waals surface area contributed by atoms with Gasteiger partial charge in [0, 0.05) is 25.8 Å². The third kappa shape index (κ3) is 2.85. The number of carbonyl (C=O) groups excluding carboxylic acids is 1. The van der Waals surface area contributed by atoms with Crippen LogP contribution in [0.3, 0.4) is 0 Å². The molecule has 2 rings (SSSR count). The van der Waals surface area contributed by atoms with Crippen LogP contribution in [-0.2, 0) is 0 Å². The summed E-state index contributed by atoms with van der Waals surface area (Å²) < 4.78 is 1.88. The van der Waals surface area contributed by atoms with E-state index in [1.165, 1.54) is 0 Å². The lowest BCUT2D eigenvalue weighted by molar-refractivity contribution is 0.1000. The summed E-state index contributed by atoms with van der Waals surface area (Å²) in [6.45, 7) is 7.70. The zero-order chi connectivity index (χ0) is 12.4. The van der Waals surface area contributed by atoms with Gasteiger partial charge in [-0.25, -0.2) is 0 Å². The first-order valence-corrected chi connectivity index (χ1v) is 6.12. The maximum atomic E-state index is 11.0. The number of rotatable bonds is 4. The van der Waals surface area contributed by atoms with E-state index in [1.54, 1.807) is 12.4 Å². The molecule has 17 heavy (non-hydrogen) atoms. The molecule has 1 fully saturated rings. The largest absolute Gasteiger partial charge is 0.366 e. The van der Waals surface area contributed by atoms with Crippen LogP contribution in [-0.4, -0.2) is 40.2 Å². The number of hydrogen-bond donors (Lipinski definition) is 1. The number of nitrogens with two attached hydrogens (primary N) is 1. The van der Waals surface area contributed by atoms with Crippen molar-refractivity contribution >= 4 is 5.91 Å². The van der Waals surface area contributed by atoms with E-state index in [0.29, 0.717) is 17.5 Å². The van der Waals surface area contributed by atoms with Crippen molar-refractivity contribution in [2.24, 2.45) is 11.7 Å². The van der Waals surface area contributed by atoms with Crippen molar-refractivity contribution in [3.05, 3.63) is 18.0 Å². The van der Waals surface area contributed by atoms with Gasteiger partial charge in [0.15, 0.2) is 0 Å². The molecule has 5 heteroatoms. The molecule has 1 unspecified atom stereocenters. The molecule has 0 bridgehead atoms. The third-order valence-corrected chi connectivity index (χ3v) is 3.13. The molecule has 1 aromatic heterocycles. The van der Waals surface area contributed by atoms with Crippen LogP contribution in [0, 0.1) is 5.92 Å². The molecule has 1 aliphatic rings. The topological polar surface area (TPSA) is 64.2 Å². The Labute approximate surface area is 102 Å². The lowest BCUT2D eigenvalue weighted by Crippen LogP contribution is -2.25. The molecule has 0 radical (unpaired) electrons.